The highest BCUT2D eigenvalue weighted by Crippen LogP contribution is 2.38. The summed E-state index contributed by atoms with van der Waals surface area (Å²) in [6.45, 7) is 0. The van der Waals surface area contributed by atoms with Crippen LogP contribution in [0.1, 0.15) is 55.6 Å². The Morgan fingerprint density at radius 3 is 2.74 bits per heavy atom. The SMILES string of the molecule is NC(CSC1CCCCC1)CC1Cc2ccccc21. The van der Waals surface area contributed by atoms with Crippen molar-refractivity contribution in [3.63, 3.8) is 0 Å². The van der Waals surface area contributed by atoms with Crippen LogP contribution in [0, 0.1) is 0 Å². The van der Waals surface area contributed by atoms with Gasteiger partial charge in [0.15, 0.2) is 0 Å². The van der Waals surface area contributed by atoms with Crippen molar-refractivity contribution in [2.75, 3.05) is 5.75 Å². The summed E-state index contributed by atoms with van der Waals surface area (Å²) >= 11 is 2.14. The van der Waals surface area contributed by atoms with E-state index in [1.807, 2.05) is 0 Å². The molecular weight excluding hydrogens is 250 g/mol. The molecule has 19 heavy (non-hydrogen) atoms. The topological polar surface area (TPSA) is 26.0 Å². The van der Waals surface area contributed by atoms with Crippen LogP contribution in [0.5, 0.6) is 0 Å². The summed E-state index contributed by atoms with van der Waals surface area (Å²) in [5.41, 5.74) is 9.44. The molecule has 104 valence electrons. The molecule has 0 spiro atoms. The van der Waals surface area contributed by atoms with Gasteiger partial charge in [-0.25, -0.2) is 0 Å². The second kappa shape index (κ2) is 6.32. The highest BCUT2D eigenvalue weighted by molar-refractivity contribution is 7.99. The van der Waals surface area contributed by atoms with Crippen molar-refractivity contribution in [2.45, 2.75) is 62.2 Å². The molecule has 0 bridgehead atoms. The first-order valence-corrected chi connectivity index (χ1v) is 8.83. The first kappa shape index (κ1) is 13.5. The van der Waals surface area contributed by atoms with E-state index in [9.17, 15) is 0 Å². The van der Waals surface area contributed by atoms with E-state index in [2.05, 4.69) is 36.0 Å². The second-order valence-corrected chi connectivity index (χ2v) is 7.52. The Kier molecular flexibility index (Phi) is 4.49. The molecule has 2 heteroatoms. The van der Waals surface area contributed by atoms with Crippen LogP contribution in [0.25, 0.3) is 0 Å². The molecule has 1 nitrogen and oxygen atoms in total. The lowest BCUT2D eigenvalue weighted by atomic mass is 9.75. The van der Waals surface area contributed by atoms with Gasteiger partial charge in [-0.2, -0.15) is 11.8 Å². The summed E-state index contributed by atoms with van der Waals surface area (Å²) in [6, 6.07) is 9.23. The van der Waals surface area contributed by atoms with Gasteiger partial charge in [-0.05, 0) is 42.7 Å². The fraction of sp³-hybridized carbons (Fsp3) is 0.647. The van der Waals surface area contributed by atoms with Crippen molar-refractivity contribution < 1.29 is 0 Å². The fourth-order valence-corrected chi connectivity index (χ4v) is 4.82. The minimum absolute atomic E-state index is 0.380. The Bertz CT molecular complexity index is 411. The molecule has 3 rings (SSSR count). The predicted molar refractivity (Wildman–Crippen MR) is 84.8 cm³/mol. The van der Waals surface area contributed by atoms with Gasteiger partial charge in [0.2, 0.25) is 0 Å². The molecule has 2 aliphatic rings. The zero-order valence-corrected chi connectivity index (χ0v) is 12.5. The van der Waals surface area contributed by atoms with E-state index in [1.165, 1.54) is 44.9 Å². The number of benzene rings is 1. The number of fused-ring (bicyclic) bond motifs is 1. The van der Waals surface area contributed by atoms with Gasteiger partial charge < -0.3 is 5.73 Å². The van der Waals surface area contributed by atoms with Gasteiger partial charge in [0.25, 0.3) is 0 Å². The van der Waals surface area contributed by atoms with Crippen LogP contribution in [-0.4, -0.2) is 17.0 Å². The molecule has 2 atom stereocenters. The maximum Gasteiger partial charge on any atom is 0.0136 e. The van der Waals surface area contributed by atoms with Crippen LogP contribution < -0.4 is 5.73 Å². The molecule has 2 unspecified atom stereocenters. The normalized spacial score (nSPS) is 24.6. The van der Waals surface area contributed by atoms with E-state index >= 15 is 0 Å². The first-order chi connectivity index (χ1) is 9.33. The average molecular weight is 275 g/mol. The molecule has 1 aromatic carbocycles. The maximum absolute atomic E-state index is 6.34. The Morgan fingerprint density at radius 2 is 1.95 bits per heavy atom. The highest BCUT2D eigenvalue weighted by Gasteiger charge is 2.27. The fourth-order valence-electron chi connectivity index (χ4n) is 3.50. The molecule has 0 saturated heterocycles. The van der Waals surface area contributed by atoms with Gasteiger partial charge in [-0.1, -0.05) is 43.5 Å². The summed E-state index contributed by atoms with van der Waals surface area (Å²) in [5, 5.41) is 0.897. The molecule has 2 N–H and O–H groups in total. The molecular formula is C17H25NS. The van der Waals surface area contributed by atoms with Crippen molar-refractivity contribution in [1.82, 2.24) is 0 Å². The Labute approximate surface area is 121 Å². The number of nitrogens with two attached hydrogens (primary N) is 1. The zero-order valence-electron chi connectivity index (χ0n) is 11.7. The number of thioether (sulfide) groups is 1. The van der Waals surface area contributed by atoms with E-state index < -0.39 is 0 Å². The highest BCUT2D eigenvalue weighted by atomic mass is 32.2. The monoisotopic (exact) mass is 275 g/mol. The predicted octanol–water partition coefficient (Wildman–Crippen LogP) is 4.11. The summed E-state index contributed by atoms with van der Waals surface area (Å²) < 4.78 is 0. The molecule has 0 aromatic heterocycles. The Balaban J connectivity index is 1.41. The van der Waals surface area contributed by atoms with Gasteiger partial charge in [-0.15, -0.1) is 0 Å². The van der Waals surface area contributed by atoms with Crippen molar-refractivity contribution in [3.8, 4) is 0 Å². The van der Waals surface area contributed by atoms with Crippen LogP contribution in [-0.2, 0) is 6.42 Å². The van der Waals surface area contributed by atoms with E-state index in [4.69, 9.17) is 5.73 Å². The lowest BCUT2D eigenvalue weighted by Crippen LogP contribution is -2.30. The summed E-state index contributed by atoms with van der Waals surface area (Å²) in [4.78, 5) is 0. The van der Waals surface area contributed by atoms with E-state index in [-0.39, 0.29) is 0 Å². The number of hydrogen-bond donors (Lipinski definition) is 1. The lowest BCUT2D eigenvalue weighted by Gasteiger charge is -2.32. The second-order valence-electron chi connectivity index (χ2n) is 6.19. The Morgan fingerprint density at radius 1 is 1.16 bits per heavy atom. The van der Waals surface area contributed by atoms with Gasteiger partial charge in [0, 0.05) is 17.0 Å². The molecule has 0 amide bonds. The van der Waals surface area contributed by atoms with Crippen LogP contribution in [0.4, 0.5) is 0 Å². The summed E-state index contributed by atoms with van der Waals surface area (Å²) in [7, 11) is 0. The van der Waals surface area contributed by atoms with Gasteiger partial charge in [0.05, 0.1) is 0 Å². The van der Waals surface area contributed by atoms with Gasteiger partial charge in [-0.3, -0.25) is 0 Å². The molecule has 2 aliphatic carbocycles. The van der Waals surface area contributed by atoms with Crippen LogP contribution >= 0.6 is 11.8 Å². The molecule has 0 heterocycles. The minimum atomic E-state index is 0.380. The largest absolute Gasteiger partial charge is 0.327 e. The Hall–Kier alpha value is -0.470. The van der Waals surface area contributed by atoms with E-state index in [0.29, 0.717) is 6.04 Å². The third kappa shape index (κ3) is 3.35. The molecule has 1 saturated carbocycles. The number of rotatable bonds is 5. The minimum Gasteiger partial charge on any atom is -0.327 e. The molecule has 1 fully saturated rings. The quantitative estimate of drug-likeness (QED) is 0.875. The summed E-state index contributed by atoms with van der Waals surface area (Å²) in [5.74, 6) is 1.89. The summed E-state index contributed by atoms with van der Waals surface area (Å²) in [6.07, 6.45) is 9.58. The van der Waals surface area contributed by atoms with Crippen molar-refractivity contribution in [1.29, 1.82) is 0 Å². The van der Waals surface area contributed by atoms with Crippen molar-refractivity contribution in [2.24, 2.45) is 5.73 Å². The maximum atomic E-state index is 6.34. The molecule has 1 aromatic rings. The standard InChI is InChI=1S/C17H25NS/c18-15(12-19-16-7-2-1-3-8-16)11-14-10-13-6-4-5-9-17(13)14/h4-6,9,14-16H,1-3,7-8,10-12,18H2. The average Bonchev–Trinajstić information content (AvgIpc) is 2.44. The van der Waals surface area contributed by atoms with Crippen LogP contribution in [0.2, 0.25) is 0 Å². The smallest absolute Gasteiger partial charge is 0.0136 e. The molecule has 0 radical (unpaired) electrons. The van der Waals surface area contributed by atoms with Crippen molar-refractivity contribution >= 4 is 11.8 Å². The van der Waals surface area contributed by atoms with Crippen molar-refractivity contribution in [3.05, 3.63) is 35.4 Å². The molecule has 0 aliphatic heterocycles. The van der Waals surface area contributed by atoms with Gasteiger partial charge in [0.1, 0.15) is 0 Å². The third-order valence-electron chi connectivity index (χ3n) is 4.65. The van der Waals surface area contributed by atoms with Gasteiger partial charge >= 0.3 is 0 Å². The third-order valence-corrected chi connectivity index (χ3v) is 6.21. The first-order valence-electron chi connectivity index (χ1n) is 7.78. The van der Waals surface area contributed by atoms with E-state index in [0.717, 1.165) is 16.9 Å². The lowest BCUT2D eigenvalue weighted by molar-refractivity contribution is 0.503. The van der Waals surface area contributed by atoms with E-state index in [1.54, 1.807) is 11.1 Å². The van der Waals surface area contributed by atoms with Crippen LogP contribution in [0.3, 0.4) is 0 Å². The van der Waals surface area contributed by atoms with Crippen LogP contribution in [0.15, 0.2) is 24.3 Å². The number of hydrogen-bond acceptors (Lipinski definition) is 2. The zero-order chi connectivity index (χ0) is 13.1.